The fraction of sp³-hybridized carbons (Fsp3) is 0.667. The van der Waals surface area contributed by atoms with Crippen molar-refractivity contribution in [3.05, 3.63) is 6.42 Å². The summed E-state index contributed by atoms with van der Waals surface area (Å²) in [4.78, 5) is 0. The van der Waals surface area contributed by atoms with Crippen LogP contribution in [0.4, 0.5) is 0 Å². The summed E-state index contributed by atoms with van der Waals surface area (Å²) in [5, 5.41) is 0. The van der Waals surface area contributed by atoms with Gasteiger partial charge in [0, 0.05) is 0 Å². The van der Waals surface area contributed by atoms with Crippen molar-refractivity contribution in [1.29, 1.82) is 0 Å². The molecule has 0 fully saturated rings. The van der Waals surface area contributed by atoms with Gasteiger partial charge in [-0.25, -0.2) is 0 Å². The number of rotatable bonds is 2. The third kappa shape index (κ3) is 15.8. The normalized spacial score (nSPS) is 6.12. The van der Waals surface area contributed by atoms with E-state index in [1.807, 2.05) is 20.3 Å². The van der Waals surface area contributed by atoms with Gasteiger partial charge in [-0.05, 0) is 12.8 Å². The van der Waals surface area contributed by atoms with Crippen LogP contribution in [0.15, 0.2) is 0 Å². The van der Waals surface area contributed by atoms with Gasteiger partial charge in [0.05, 0.1) is 0 Å². The van der Waals surface area contributed by atoms with Crippen LogP contribution in [-0.4, -0.2) is 0 Å². The molecule has 8 heavy (non-hydrogen) atoms. The van der Waals surface area contributed by atoms with E-state index in [1.165, 1.54) is 6.42 Å². The van der Waals surface area contributed by atoms with Gasteiger partial charge in [0.1, 0.15) is 0 Å². The maximum atomic E-state index is 6.46. The molecule has 0 aromatic carbocycles. The van der Waals surface area contributed by atoms with Crippen LogP contribution in [-0.2, 0) is 12.8 Å². The summed E-state index contributed by atoms with van der Waals surface area (Å²) < 4.78 is 0. The molecular formula is C6H9IMn. The zero-order valence-corrected chi connectivity index (χ0v) is 8.22. The van der Waals surface area contributed by atoms with E-state index in [2.05, 4.69) is 25.6 Å². The van der Waals surface area contributed by atoms with E-state index in [4.69, 9.17) is 6.42 Å². The number of halogens is 1. The van der Waals surface area contributed by atoms with Gasteiger partial charge in [-0.15, -0.1) is 0 Å². The molecule has 0 N–H and O–H groups in total. The SMILES string of the molecule is [C-]#CCCCC.[Mn+][I]. The molecule has 0 saturated carbocycles. The van der Waals surface area contributed by atoms with Crippen LogP contribution in [0.1, 0.15) is 26.2 Å². The predicted molar refractivity (Wildman–Crippen MR) is 40.7 cm³/mol. The fourth-order valence-corrected chi connectivity index (χ4v) is 0.265. The number of hydrogen-bond donors (Lipinski definition) is 0. The first-order valence-electron chi connectivity index (χ1n) is 2.45. The molecule has 47 valence electrons. The summed E-state index contributed by atoms with van der Waals surface area (Å²) in [6.45, 7) is 2.11. The first-order chi connectivity index (χ1) is 3.91. The maximum absolute atomic E-state index is 6.46. The van der Waals surface area contributed by atoms with E-state index in [-0.39, 0.29) is 0 Å². The Labute approximate surface area is 71.4 Å². The second kappa shape index (κ2) is 15.7. The topological polar surface area (TPSA) is 0 Å². The zero-order chi connectivity index (χ0) is 6.83. The molecule has 0 unspecified atom stereocenters. The van der Waals surface area contributed by atoms with E-state index in [0.29, 0.717) is 0 Å². The monoisotopic (exact) mass is 263 g/mol. The van der Waals surface area contributed by atoms with Crippen molar-refractivity contribution >= 4 is 20.3 Å². The third-order valence-corrected chi connectivity index (χ3v) is 0.655. The average molecular weight is 263 g/mol. The fourth-order valence-electron chi connectivity index (χ4n) is 0.265. The van der Waals surface area contributed by atoms with Gasteiger partial charge in [0.15, 0.2) is 0 Å². The Morgan fingerprint density at radius 3 is 2.25 bits per heavy atom. The number of hydrogen-bond acceptors (Lipinski definition) is 0. The molecule has 0 aromatic heterocycles. The van der Waals surface area contributed by atoms with Crippen LogP contribution in [0.3, 0.4) is 0 Å². The summed E-state index contributed by atoms with van der Waals surface area (Å²) in [6, 6.07) is 0. The van der Waals surface area contributed by atoms with E-state index >= 15 is 0 Å². The molecular weight excluding hydrogens is 254 g/mol. The summed E-state index contributed by atoms with van der Waals surface area (Å²) in [6.07, 6.45) is 9.57. The standard InChI is InChI=1S/C6H9.HI.Mn/c1-3-5-6-4-2;;/h3,5-6H2,1H3;1H;/q-1;;+2/p-1. The first-order valence-corrected chi connectivity index (χ1v) is 6.26. The van der Waals surface area contributed by atoms with Crippen molar-refractivity contribution in [1.82, 2.24) is 0 Å². The second-order valence-corrected chi connectivity index (χ2v) is 1.28. The van der Waals surface area contributed by atoms with E-state index in [1.54, 1.807) is 0 Å². The molecule has 0 nitrogen and oxygen atoms in total. The Hall–Kier alpha value is 0.809. The Bertz CT molecular complexity index is 56.0. The van der Waals surface area contributed by atoms with Crippen molar-refractivity contribution in [2.45, 2.75) is 26.2 Å². The van der Waals surface area contributed by atoms with E-state index < -0.39 is 0 Å². The molecule has 0 amide bonds. The zero-order valence-electron chi connectivity index (χ0n) is 4.88. The van der Waals surface area contributed by atoms with Crippen LogP contribution in [0.2, 0.25) is 0 Å². The second-order valence-electron chi connectivity index (χ2n) is 1.28. The molecule has 0 heterocycles. The van der Waals surface area contributed by atoms with Crippen LogP contribution in [0, 0.1) is 12.3 Å². The van der Waals surface area contributed by atoms with Crippen molar-refractivity contribution in [2.75, 3.05) is 0 Å². The molecule has 0 spiro atoms. The molecule has 0 aromatic rings. The van der Waals surface area contributed by atoms with Gasteiger partial charge in [0.25, 0.3) is 0 Å². The Morgan fingerprint density at radius 2 is 2.12 bits per heavy atom. The van der Waals surface area contributed by atoms with Crippen molar-refractivity contribution in [3.63, 3.8) is 0 Å². The molecule has 0 saturated heterocycles. The number of unbranched alkanes of at least 4 members (excludes halogenated alkanes) is 2. The van der Waals surface area contributed by atoms with Crippen LogP contribution >= 0.6 is 20.3 Å². The quantitative estimate of drug-likeness (QED) is 0.236. The van der Waals surface area contributed by atoms with Crippen LogP contribution in [0.5, 0.6) is 0 Å². The molecule has 2 heteroatoms. The Balaban J connectivity index is 0. The van der Waals surface area contributed by atoms with Gasteiger partial charge >= 0.3 is 33.1 Å². The predicted octanol–water partition coefficient (Wildman–Crippen LogP) is 2.65. The molecule has 0 radical (unpaired) electrons. The van der Waals surface area contributed by atoms with Crippen molar-refractivity contribution in [2.24, 2.45) is 0 Å². The van der Waals surface area contributed by atoms with Crippen LogP contribution in [0.25, 0.3) is 0 Å². The summed E-state index contributed by atoms with van der Waals surface area (Å²) in [7, 11) is 0. The first kappa shape index (κ1) is 11.6. The van der Waals surface area contributed by atoms with E-state index in [9.17, 15) is 0 Å². The van der Waals surface area contributed by atoms with Gasteiger partial charge < -0.3 is 12.3 Å². The molecule has 0 aliphatic rings. The Kier molecular flexibility index (Phi) is 22.7. The van der Waals surface area contributed by atoms with Crippen molar-refractivity contribution < 1.29 is 12.8 Å². The summed E-state index contributed by atoms with van der Waals surface area (Å²) >= 11 is 4.87. The molecule has 0 atom stereocenters. The van der Waals surface area contributed by atoms with Crippen LogP contribution < -0.4 is 0 Å². The molecule has 0 aliphatic heterocycles. The third-order valence-electron chi connectivity index (χ3n) is 0.655. The molecule has 0 bridgehead atoms. The molecule has 0 rings (SSSR count). The molecule has 0 aliphatic carbocycles. The van der Waals surface area contributed by atoms with Crippen molar-refractivity contribution in [3.8, 4) is 5.92 Å². The summed E-state index contributed by atoms with van der Waals surface area (Å²) in [5.74, 6) is 2.32. The van der Waals surface area contributed by atoms with Gasteiger partial charge in [0.2, 0.25) is 0 Å². The average Bonchev–Trinajstić information content (AvgIpc) is 1.88. The van der Waals surface area contributed by atoms with Gasteiger partial charge in [-0.1, -0.05) is 13.3 Å². The minimum atomic E-state index is 0.830. The minimum absolute atomic E-state index is 0.830. The summed E-state index contributed by atoms with van der Waals surface area (Å²) in [5.41, 5.74) is 0. The van der Waals surface area contributed by atoms with Gasteiger partial charge in [-0.3, -0.25) is 0 Å². The van der Waals surface area contributed by atoms with Gasteiger partial charge in [-0.2, -0.15) is 0 Å². The Morgan fingerprint density at radius 1 is 1.62 bits per heavy atom. The van der Waals surface area contributed by atoms with E-state index in [0.717, 1.165) is 12.8 Å².